The molecule has 2 unspecified atom stereocenters. The van der Waals surface area contributed by atoms with Gasteiger partial charge in [0, 0.05) is 19.5 Å². The van der Waals surface area contributed by atoms with Crippen molar-refractivity contribution in [3.63, 3.8) is 0 Å². The van der Waals surface area contributed by atoms with E-state index >= 15 is 0 Å². The molecule has 2 atom stereocenters. The number of nitrogens with one attached hydrogen (secondary N) is 2. The van der Waals surface area contributed by atoms with Crippen molar-refractivity contribution in [3.8, 4) is 0 Å². The summed E-state index contributed by atoms with van der Waals surface area (Å²) in [6, 6.07) is 0. The maximum Gasteiger partial charge on any atom is 0.307 e. The van der Waals surface area contributed by atoms with Crippen LogP contribution in [0.2, 0.25) is 0 Å². The van der Waals surface area contributed by atoms with Crippen LogP contribution in [0.4, 0.5) is 0 Å². The third kappa shape index (κ3) is 4.73. The summed E-state index contributed by atoms with van der Waals surface area (Å²) in [5.41, 5.74) is 0. The highest BCUT2D eigenvalue weighted by molar-refractivity contribution is 5.85. The van der Waals surface area contributed by atoms with Crippen LogP contribution in [0.3, 0.4) is 0 Å². The first-order valence-corrected chi connectivity index (χ1v) is 6.48. The van der Waals surface area contributed by atoms with E-state index in [2.05, 4.69) is 10.6 Å². The normalized spacial score (nSPS) is 21.7. The number of carboxylic acid groups (broad SMARTS) is 1. The van der Waals surface area contributed by atoms with Gasteiger partial charge in [0.25, 0.3) is 0 Å². The molecule has 2 amide bonds. The summed E-state index contributed by atoms with van der Waals surface area (Å²) in [5, 5.41) is 14.3. The van der Waals surface area contributed by atoms with E-state index in [0.717, 1.165) is 0 Å². The quantitative estimate of drug-likeness (QED) is 0.604. The fourth-order valence-electron chi connectivity index (χ4n) is 2.09. The van der Waals surface area contributed by atoms with Crippen LogP contribution in [0, 0.1) is 11.8 Å². The molecule has 0 aromatic rings. The van der Waals surface area contributed by atoms with Crippen molar-refractivity contribution in [2.75, 3.05) is 13.1 Å². The Morgan fingerprint density at radius 1 is 1.16 bits per heavy atom. The topological polar surface area (TPSA) is 95.5 Å². The number of carbonyl (C=O) groups is 3. The average molecular weight is 268 g/mol. The summed E-state index contributed by atoms with van der Waals surface area (Å²) in [6.45, 7) is 2.61. The molecule has 0 aromatic carbocycles. The largest absolute Gasteiger partial charge is 0.481 e. The van der Waals surface area contributed by atoms with E-state index in [1.807, 2.05) is 13.0 Å². The Hall–Kier alpha value is -1.85. The van der Waals surface area contributed by atoms with E-state index in [0.29, 0.717) is 19.4 Å². The van der Waals surface area contributed by atoms with E-state index in [9.17, 15) is 14.4 Å². The van der Waals surface area contributed by atoms with Crippen LogP contribution in [-0.2, 0) is 14.4 Å². The number of carboxylic acids is 1. The van der Waals surface area contributed by atoms with Crippen LogP contribution in [-0.4, -0.2) is 36.0 Å². The van der Waals surface area contributed by atoms with Gasteiger partial charge in [-0.1, -0.05) is 12.2 Å². The Morgan fingerprint density at radius 2 is 1.79 bits per heavy atom. The molecule has 0 heterocycles. The molecular formula is C13H20N2O4. The van der Waals surface area contributed by atoms with Crippen LogP contribution >= 0.6 is 0 Å². The molecule has 1 rings (SSSR count). The first kappa shape index (κ1) is 15.2. The van der Waals surface area contributed by atoms with E-state index in [4.69, 9.17) is 5.11 Å². The fraction of sp³-hybridized carbons (Fsp3) is 0.615. The third-order valence-corrected chi connectivity index (χ3v) is 3.11. The van der Waals surface area contributed by atoms with Gasteiger partial charge in [0.05, 0.1) is 11.8 Å². The lowest BCUT2D eigenvalue weighted by Gasteiger charge is -2.24. The summed E-state index contributed by atoms with van der Waals surface area (Å²) in [5.74, 6) is -2.58. The Balaban J connectivity index is 2.41. The summed E-state index contributed by atoms with van der Waals surface area (Å²) in [7, 11) is 0. The van der Waals surface area contributed by atoms with E-state index in [1.54, 1.807) is 6.08 Å². The van der Waals surface area contributed by atoms with Gasteiger partial charge in [0.15, 0.2) is 0 Å². The zero-order valence-corrected chi connectivity index (χ0v) is 11.0. The highest BCUT2D eigenvalue weighted by Gasteiger charge is 2.33. The number of rotatable bonds is 6. The Kier molecular flexibility index (Phi) is 6.05. The highest BCUT2D eigenvalue weighted by Crippen LogP contribution is 2.25. The third-order valence-electron chi connectivity index (χ3n) is 3.11. The van der Waals surface area contributed by atoms with Crippen LogP contribution in [0.15, 0.2) is 12.2 Å². The van der Waals surface area contributed by atoms with Crippen molar-refractivity contribution in [2.24, 2.45) is 11.8 Å². The molecule has 1 aliphatic rings. The Labute approximate surface area is 112 Å². The Bertz CT molecular complexity index is 379. The average Bonchev–Trinajstić information content (AvgIpc) is 2.38. The molecule has 3 N–H and O–H groups in total. The summed E-state index contributed by atoms with van der Waals surface area (Å²) in [6.07, 6.45) is 4.64. The molecule has 0 spiro atoms. The van der Waals surface area contributed by atoms with Crippen molar-refractivity contribution in [1.29, 1.82) is 0 Å². The molecule has 1 aliphatic carbocycles. The van der Waals surface area contributed by atoms with Gasteiger partial charge in [-0.15, -0.1) is 0 Å². The van der Waals surface area contributed by atoms with Crippen LogP contribution in [0.1, 0.15) is 26.2 Å². The number of aliphatic carboxylic acids is 1. The second-order valence-electron chi connectivity index (χ2n) is 4.49. The first-order valence-electron chi connectivity index (χ1n) is 6.48. The van der Waals surface area contributed by atoms with Gasteiger partial charge in [-0.05, 0) is 19.8 Å². The molecular weight excluding hydrogens is 248 g/mol. The minimum absolute atomic E-state index is 0.124. The van der Waals surface area contributed by atoms with Crippen LogP contribution in [0.25, 0.3) is 0 Å². The summed E-state index contributed by atoms with van der Waals surface area (Å²) in [4.78, 5) is 34.2. The minimum atomic E-state index is -0.951. The standard InChI is InChI=1S/C13H20N2O4/c1-2-14-11(16)7-8-15-12(17)9-5-3-4-6-10(9)13(18)19/h3-4,9-10H,2,5-8H2,1H3,(H,14,16)(H,15,17)(H,18,19). The molecule has 0 radical (unpaired) electrons. The summed E-state index contributed by atoms with van der Waals surface area (Å²) < 4.78 is 0. The second kappa shape index (κ2) is 7.56. The van der Waals surface area contributed by atoms with Gasteiger partial charge in [0.2, 0.25) is 11.8 Å². The number of carbonyl (C=O) groups excluding carboxylic acids is 2. The molecule has 0 aliphatic heterocycles. The maximum absolute atomic E-state index is 11.9. The van der Waals surface area contributed by atoms with Gasteiger partial charge >= 0.3 is 5.97 Å². The van der Waals surface area contributed by atoms with Crippen molar-refractivity contribution >= 4 is 17.8 Å². The minimum Gasteiger partial charge on any atom is -0.481 e. The zero-order valence-electron chi connectivity index (χ0n) is 11.0. The first-order chi connectivity index (χ1) is 9.06. The number of allylic oxidation sites excluding steroid dienone is 2. The molecule has 6 nitrogen and oxygen atoms in total. The number of amides is 2. The van der Waals surface area contributed by atoms with Crippen molar-refractivity contribution in [3.05, 3.63) is 12.2 Å². The van der Waals surface area contributed by atoms with Crippen molar-refractivity contribution in [2.45, 2.75) is 26.2 Å². The molecule has 0 saturated carbocycles. The van der Waals surface area contributed by atoms with E-state index in [-0.39, 0.29) is 24.8 Å². The van der Waals surface area contributed by atoms with E-state index in [1.165, 1.54) is 0 Å². The monoisotopic (exact) mass is 268 g/mol. The highest BCUT2D eigenvalue weighted by atomic mass is 16.4. The molecule has 19 heavy (non-hydrogen) atoms. The SMILES string of the molecule is CCNC(=O)CCNC(=O)C1CC=CCC1C(=O)O. The van der Waals surface area contributed by atoms with Gasteiger partial charge in [-0.25, -0.2) is 0 Å². The van der Waals surface area contributed by atoms with Gasteiger partial charge in [0.1, 0.15) is 0 Å². The smallest absolute Gasteiger partial charge is 0.307 e. The van der Waals surface area contributed by atoms with Gasteiger partial charge in [-0.2, -0.15) is 0 Å². The predicted molar refractivity (Wildman–Crippen MR) is 69.3 cm³/mol. The van der Waals surface area contributed by atoms with Crippen molar-refractivity contribution in [1.82, 2.24) is 10.6 Å². The van der Waals surface area contributed by atoms with E-state index < -0.39 is 17.8 Å². The predicted octanol–water partition coefficient (Wildman–Crippen LogP) is 0.296. The molecule has 6 heteroatoms. The second-order valence-corrected chi connectivity index (χ2v) is 4.49. The number of hydrogen-bond donors (Lipinski definition) is 3. The molecule has 106 valence electrons. The molecule has 0 saturated heterocycles. The fourth-order valence-corrected chi connectivity index (χ4v) is 2.09. The zero-order chi connectivity index (χ0) is 14.3. The van der Waals surface area contributed by atoms with Gasteiger partial charge < -0.3 is 15.7 Å². The van der Waals surface area contributed by atoms with Crippen molar-refractivity contribution < 1.29 is 19.5 Å². The molecule has 0 aromatic heterocycles. The maximum atomic E-state index is 11.9. The lowest BCUT2D eigenvalue weighted by molar-refractivity contribution is -0.147. The lowest BCUT2D eigenvalue weighted by Crippen LogP contribution is -2.40. The molecule has 0 fully saturated rings. The number of hydrogen-bond acceptors (Lipinski definition) is 3. The van der Waals surface area contributed by atoms with Gasteiger partial charge in [-0.3, -0.25) is 14.4 Å². The molecule has 0 bridgehead atoms. The van der Waals surface area contributed by atoms with Crippen LogP contribution < -0.4 is 10.6 Å². The Morgan fingerprint density at radius 3 is 2.37 bits per heavy atom. The summed E-state index contributed by atoms with van der Waals surface area (Å²) >= 11 is 0. The lowest BCUT2D eigenvalue weighted by atomic mass is 9.82. The van der Waals surface area contributed by atoms with Crippen LogP contribution in [0.5, 0.6) is 0 Å².